The van der Waals surface area contributed by atoms with E-state index in [9.17, 15) is 19.8 Å². The maximum atomic E-state index is 12.9. The monoisotopic (exact) mass is 510 g/mol. The number of hydrogen-bond donors (Lipinski definition) is 2. The lowest BCUT2D eigenvalue weighted by Crippen LogP contribution is -2.37. The molecule has 2 N–H and O–H groups in total. The van der Waals surface area contributed by atoms with Gasteiger partial charge in [-0.15, -0.1) is 0 Å². The van der Waals surface area contributed by atoms with E-state index in [1.54, 1.807) is 43.3 Å². The molecule has 0 radical (unpaired) electrons. The lowest BCUT2D eigenvalue weighted by molar-refractivity contribution is -0.153. The van der Waals surface area contributed by atoms with Crippen LogP contribution in [0.2, 0.25) is 0 Å². The third kappa shape index (κ3) is 7.99. The molecule has 4 atom stereocenters. The van der Waals surface area contributed by atoms with Crippen LogP contribution in [0.4, 0.5) is 0 Å². The number of hydrogen-bond acceptors (Lipinski definition) is 6. The second-order valence-electron chi connectivity index (χ2n) is 10.2. The van der Waals surface area contributed by atoms with Crippen molar-refractivity contribution in [1.82, 2.24) is 0 Å². The molecule has 200 valence electrons. The number of carbonyl (C=O) groups excluding carboxylic acids is 1. The van der Waals surface area contributed by atoms with Gasteiger partial charge in [0.15, 0.2) is 5.79 Å². The quantitative estimate of drug-likeness (QED) is 0.308. The lowest BCUT2D eigenvalue weighted by atomic mass is 9.93. The topological polar surface area (TPSA) is 102 Å². The standard InChI is InChI=1S/C30H38O7/c1-19-17-20(2)26(28(32)33)23(18-19)14-10-16-25-27(37-30(4,5)36-25)24(15-9-11-21(3)31)35-29(34)22-12-7-6-8-13-22/h6-9,12-13,15,17-18,21,24-25,27,31H,10-11,14,16H2,1-5H3,(H,32,33)/b15-9-/t21-,24?,25-,27+/m0/s1. The van der Waals surface area contributed by atoms with Crippen molar-refractivity contribution in [3.8, 4) is 0 Å². The smallest absolute Gasteiger partial charge is 0.338 e. The highest BCUT2D eigenvalue weighted by Crippen LogP contribution is 2.34. The lowest BCUT2D eigenvalue weighted by Gasteiger charge is -2.25. The summed E-state index contributed by atoms with van der Waals surface area (Å²) in [6, 6.07) is 12.6. The van der Waals surface area contributed by atoms with E-state index in [2.05, 4.69) is 0 Å². The van der Waals surface area contributed by atoms with Crippen molar-refractivity contribution in [3.63, 3.8) is 0 Å². The Morgan fingerprint density at radius 2 is 1.84 bits per heavy atom. The number of carboxylic acids is 1. The molecular weight excluding hydrogens is 472 g/mol. The number of aliphatic hydroxyl groups excluding tert-OH is 1. The summed E-state index contributed by atoms with van der Waals surface area (Å²) < 4.78 is 18.3. The second-order valence-corrected chi connectivity index (χ2v) is 10.2. The zero-order valence-electron chi connectivity index (χ0n) is 22.3. The molecule has 1 unspecified atom stereocenters. The van der Waals surface area contributed by atoms with Crippen LogP contribution in [0.1, 0.15) is 77.4 Å². The van der Waals surface area contributed by atoms with E-state index in [0.717, 1.165) is 16.7 Å². The molecule has 3 rings (SSSR count). The van der Waals surface area contributed by atoms with E-state index in [0.29, 0.717) is 36.8 Å². The van der Waals surface area contributed by atoms with E-state index < -0.39 is 36.0 Å². The summed E-state index contributed by atoms with van der Waals surface area (Å²) in [7, 11) is 0. The molecule has 1 fully saturated rings. The third-order valence-corrected chi connectivity index (χ3v) is 6.31. The van der Waals surface area contributed by atoms with Crippen molar-refractivity contribution in [1.29, 1.82) is 0 Å². The number of carboxylic acid groups (broad SMARTS) is 1. The number of aliphatic hydroxyl groups is 1. The van der Waals surface area contributed by atoms with Crippen molar-refractivity contribution in [2.45, 2.75) is 90.5 Å². The van der Waals surface area contributed by atoms with Gasteiger partial charge in [-0.2, -0.15) is 0 Å². The molecule has 0 aliphatic carbocycles. The van der Waals surface area contributed by atoms with Crippen LogP contribution < -0.4 is 0 Å². The third-order valence-electron chi connectivity index (χ3n) is 6.31. The summed E-state index contributed by atoms with van der Waals surface area (Å²) in [5, 5.41) is 19.4. The van der Waals surface area contributed by atoms with Crippen LogP contribution in [0, 0.1) is 13.8 Å². The number of carbonyl (C=O) groups is 2. The molecule has 1 aliphatic rings. The highest BCUT2D eigenvalue weighted by atomic mass is 16.8. The highest BCUT2D eigenvalue weighted by Gasteiger charge is 2.45. The van der Waals surface area contributed by atoms with Gasteiger partial charge in [0.1, 0.15) is 12.2 Å². The molecule has 2 aromatic rings. The maximum absolute atomic E-state index is 12.9. The van der Waals surface area contributed by atoms with Gasteiger partial charge in [-0.05, 0) is 89.6 Å². The summed E-state index contributed by atoms with van der Waals surface area (Å²) in [5.74, 6) is -2.28. The van der Waals surface area contributed by atoms with E-state index in [1.165, 1.54) is 0 Å². The summed E-state index contributed by atoms with van der Waals surface area (Å²) in [5.41, 5.74) is 3.35. The highest BCUT2D eigenvalue weighted by molar-refractivity contribution is 5.91. The Labute approximate surface area is 219 Å². The number of aromatic carboxylic acids is 1. The molecule has 1 aliphatic heterocycles. The fourth-order valence-corrected chi connectivity index (χ4v) is 4.81. The molecule has 1 heterocycles. The average Bonchev–Trinajstić information content (AvgIpc) is 3.12. The van der Waals surface area contributed by atoms with Gasteiger partial charge < -0.3 is 24.4 Å². The zero-order chi connectivity index (χ0) is 27.2. The molecule has 0 bridgehead atoms. The molecule has 0 aromatic heterocycles. The molecular formula is C30H38O7. The normalized spacial score (nSPS) is 20.6. The Kier molecular flexibility index (Phi) is 9.65. The molecule has 0 amide bonds. The molecule has 37 heavy (non-hydrogen) atoms. The van der Waals surface area contributed by atoms with Crippen molar-refractivity contribution in [3.05, 3.63) is 82.4 Å². The van der Waals surface area contributed by atoms with Crippen molar-refractivity contribution in [2.75, 3.05) is 0 Å². The Balaban J connectivity index is 1.78. The minimum atomic E-state index is -0.928. The van der Waals surface area contributed by atoms with E-state index >= 15 is 0 Å². The first-order chi connectivity index (χ1) is 17.5. The number of aryl methyl sites for hydroxylation is 3. The number of benzene rings is 2. The van der Waals surface area contributed by atoms with E-state index in [-0.39, 0.29) is 6.10 Å². The predicted octanol–water partition coefficient (Wildman–Crippen LogP) is 5.40. The Hall–Kier alpha value is -3.00. The Morgan fingerprint density at radius 1 is 1.14 bits per heavy atom. The summed E-state index contributed by atoms with van der Waals surface area (Å²) in [6.07, 6.45) is 3.57. The molecule has 0 saturated carbocycles. The van der Waals surface area contributed by atoms with Gasteiger partial charge in [0, 0.05) is 0 Å². The second kappa shape index (κ2) is 12.5. The number of ether oxygens (including phenoxy) is 3. The Morgan fingerprint density at radius 3 is 2.49 bits per heavy atom. The van der Waals surface area contributed by atoms with Gasteiger partial charge in [0.25, 0.3) is 0 Å². The summed E-state index contributed by atoms with van der Waals surface area (Å²) in [6.45, 7) is 9.11. The molecule has 1 saturated heterocycles. The maximum Gasteiger partial charge on any atom is 0.338 e. The van der Waals surface area contributed by atoms with Gasteiger partial charge in [0.05, 0.1) is 23.3 Å². The fraction of sp³-hybridized carbons (Fsp3) is 0.467. The van der Waals surface area contributed by atoms with Crippen molar-refractivity contribution >= 4 is 11.9 Å². The van der Waals surface area contributed by atoms with E-state index in [4.69, 9.17) is 14.2 Å². The van der Waals surface area contributed by atoms with Crippen molar-refractivity contribution in [2.24, 2.45) is 0 Å². The minimum Gasteiger partial charge on any atom is -0.478 e. The molecule has 7 nitrogen and oxygen atoms in total. The number of rotatable bonds is 11. The van der Waals surface area contributed by atoms with Crippen LogP contribution in [0.15, 0.2) is 54.6 Å². The van der Waals surface area contributed by atoms with Gasteiger partial charge in [-0.1, -0.05) is 42.0 Å². The number of esters is 1. The fourth-order valence-electron chi connectivity index (χ4n) is 4.81. The summed E-state index contributed by atoms with van der Waals surface area (Å²) in [4.78, 5) is 24.7. The van der Waals surface area contributed by atoms with Crippen LogP contribution in [0.25, 0.3) is 0 Å². The van der Waals surface area contributed by atoms with Crippen molar-refractivity contribution < 1.29 is 34.0 Å². The first kappa shape index (κ1) is 28.6. The Bertz CT molecular complexity index is 1100. The van der Waals surface area contributed by atoms with Gasteiger partial charge in [-0.3, -0.25) is 0 Å². The van der Waals surface area contributed by atoms with Crippen LogP contribution in [0.5, 0.6) is 0 Å². The van der Waals surface area contributed by atoms with Gasteiger partial charge in [0.2, 0.25) is 0 Å². The summed E-state index contributed by atoms with van der Waals surface area (Å²) >= 11 is 0. The average molecular weight is 511 g/mol. The van der Waals surface area contributed by atoms with E-state index in [1.807, 2.05) is 45.9 Å². The molecule has 0 spiro atoms. The van der Waals surface area contributed by atoms with Crippen LogP contribution in [0.3, 0.4) is 0 Å². The SMILES string of the molecule is Cc1cc(C)c(C(=O)O)c(CCC[C@@H]2OC(C)(C)O[C@@H]2C(/C=C\C[C@H](C)O)OC(=O)c2ccccc2)c1. The van der Waals surface area contributed by atoms with Crippen LogP contribution >= 0.6 is 0 Å². The van der Waals surface area contributed by atoms with Crippen LogP contribution in [-0.2, 0) is 20.6 Å². The molecule has 7 heteroatoms. The molecule has 2 aromatic carbocycles. The predicted molar refractivity (Wildman–Crippen MR) is 141 cm³/mol. The largest absolute Gasteiger partial charge is 0.478 e. The van der Waals surface area contributed by atoms with Crippen LogP contribution in [-0.4, -0.2) is 52.4 Å². The first-order valence-electron chi connectivity index (χ1n) is 12.8. The van der Waals surface area contributed by atoms with Gasteiger partial charge in [-0.25, -0.2) is 9.59 Å². The first-order valence-corrected chi connectivity index (χ1v) is 12.8. The van der Waals surface area contributed by atoms with Gasteiger partial charge >= 0.3 is 11.9 Å². The zero-order valence-corrected chi connectivity index (χ0v) is 22.3. The minimum absolute atomic E-state index is 0.349.